The van der Waals surface area contributed by atoms with Crippen molar-refractivity contribution < 1.29 is 27.9 Å². The monoisotopic (exact) mass is 335 g/mol. The fraction of sp³-hybridized carbons (Fsp3) is 0.429. The smallest absolute Gasteiger partial charge is 0.406 e. The van der Waals surface area contributed by atoms with Gasteiger partial charge in [0, 0.05) is 18.1 Å². The van der Waals surface area contributed by atoms with E-state index in [4.69, 9.17) is 16.7 Å². The van der Waals surface area contributed by atoms with Crippen LogP contribution in [0.1, 0.15) is 12.0 Å². The number of carbonyl (C=O) groups excluding carboxylic acids is 1. The van der Waals surface area contributed by atoms with E-state index in [0.717, 1.165) is 4.90 Å². The maximum absolute atomic E-state index is 13.0. The van der Waals surface area contributed by atoms with Crippen LogP contribution in [-0.4, -0.2) is 41.1 Å². The Bertz CT molecular complexity index is 605. The zero-order chi connectivity index (χ0) is 16.5. The van der Waals surface area contributed by atoms with Crippen LogP contribution in [0.3, 0.4) is 0 Å². The van der Waals surface area contributed by atoms with Gasteiger partial charge >= 0.3 is 12.1 Å². The van der Waals surface area contributed by atoms with Crippen LogP contribution in [0.2, 0.25) is 5.02 Å². The summed E-state index contributed by atoms with van der Waals surface area (Å²) in [7, 11) is 0. The normalized spacial score (nSPS) is 21.9. The van der Waals surface area contributed by atoms with Crippen LogP contribution in [0.25, 0.3) is 0 Å². The lowest BCUT2D eigenvalue weighted by atomic mass is 9.86. The largest absolute Gasteiger partial charge is 0.481 e. The fourth-order valence-corrected chi connectivity index (χ4v) is 2.70. The molecule has 1 aliphatic heterocycles. The molecule has 22 heavy (non-hydrogen) atoms. The van der Waals surface area contributed by atoms with Crippen molar-refractivity contribution in [2.75, 3.05) is 13.1 Å². The summed E-state index contributed by atoms with van der Waals surface area (Å²) in [6.45, 7) is -1.09. The first-order valence-corrected chi connectivity index (χ1v) is 6.86. The predicted molar refractivity (Wildman–Crippen MR) is 72.5 cm³/mol. The topological polar surface area (TPSA) is 57.6 Å². The van der Waals surface area contributed by atoms with Crippen LogP contribution < -0.4 is 0 Å². The maximum Gasteiger partial charge on any atom is 0.406 e. The molecule has 1 atom stereocenters. The van der Waals surface area contributed by atoms with E-state index in [2.05, 4.69) is 0 Å². The van der Waals surface area contributed by atoms with Crippen LogP contribution >= 0.6 is 11.6 Å². The number of rotatable bonds is 3. The molecule has 1 fully saturated rings. The van der Waals surface area contributed by atoms with Crippen molar-refractivity contribution in [3.8, 4) is 0 Å². The highest BCUT2D eigenvalue weighted by Crippen LogP contribution is 2.45. The van der Waals surface area contributed by atoms with E-state index in [0.29, 0.717) is 10.6 Å². The van der Waals surface area contributed by atoms with Crippen molar-refractivity contribution in [3.63, 3.8) is 0 Å². The Morgan fingerprint density at radius 3 is 2.55 bits per heavy atom. The molecular formula is C14H13ClF3NO3. The molecule has 1 heterocycles. The third-order valence-corrected chi connectivity index (χ3v) is 4.05. The first-order chi connectivity index (χ1) is 10.2. The SMILES string of the molecule is O=C(Cc1cccc(Cl)c1)N1CCC(C(=O)O)(C(F)(F)F)C1. The number of likely N-dealkylation sites (tertiary alicyclic amines) is 1. The molecule has 4 nitrogen and oxygen atoms in total. The summed E-state index contributed by atoms with van der Waals surface area (Å²) in [5.41, 5.74) is -2.31. The lowest BCUT2D eigenvalue weighted by Gasteiger charge is -2.27. The number of halogens is 4. The lowest BCUT2D eigenvalue weighted by Crippen LogP contribution is -2.47. The van der Waals surface area contributed by atoms with E-state index >= 15 is 0 Å². The molecule has 0 aliphatic carbocycles. The minimum absolute atomic E-state index is 0.117. The second-order valence-electron chi connectivity index (χ2n) is 5.26. The molecule has 0 radical (unpaired) electrons. The number of aliphatic carboxylic acids is 1. The standard InChI is InChI=1S/C14H13ClF3NO3/c15-10-3-1-2-9(6-10)7-11(20)19-5-4-13(8-19,12(21)22)14(16,17)18/h1-3,6H,4-5,7-8H2,(H,21,22). The zero-order valence-electron chi connectivity index (χ0n) is 11.4. The molecule has 120 valence electrons. The number of hydrogen-bond donors (Lipinski definition) is 1. The van der Waals surface area contributed by atoms with E-state index in [1.807, 2.05) is 0 Å². The second kappa shape index (κ2) is 5.79. The van der Waals surface area contributed by atoms with E-state index in [9.17, 15) is 22.8 Å². The quantitative estimate of drug-likeness (QED) is 0.924. The van der Waals surface area contributed by atoms with Crippen molar-refractivity contribution in [1.82, 2.24) is 4.90 Å². The Hall–Kier alpha value is -1.76. The van der Waals surface area contributed by atoms with Gasteiger partial charge in [-0.05, 0) is 24.1 Å². The number of carboxylic acids is 1. The highest BCUT2D eigenvalue weighted by atomic mass is 35.5. The highest BCUT2D eigenvalue weighted by Gasteiger charge is 2.64. The molecule has 1 aliphatic rings. The average Bonchev–Trinajstić information content (AvgIpc) is 2.84. The fourth-order valence-electron chi connectivity index (χ4n) is 2.48. The second-order valence-corrected chi connectivity index (χ2v) is 5.69. The third-order valence-electron chi connectivity index (χ3n) is 3.82. The summed E-state index contributed by atoms with van der Waals surface area (Å²) in [4.78, 5) is 24.1. The molecule has 0 saturated carbocycles. The summed E-state index contributed by atoms with van der Waals surface area (Å²) in [6, 6.07) is 6.43. The van der Waals surface area contributed by atoms with Crippen molar-refractivity contribution in [2.45, 2.75) is 19.0 Å². The highest BCUT2D eigenvalue weighted by molar-refractivity contribution is 6.30. The van der Waals surface area contributed by atoms with Crippen LogP contribution in [-0.2, 0) is 16.0 Å². The van der Waals surface area contributed by atoms with Crippen LogP contribution in [0.4, 0.5) is 13.2 Å². The van der Waals surface area contributed by atoms with Crippen LogP contribution in [0.5, 0.6) is 0 Å². The van der Waals surface area contributed by atoms with E-state index in [-0.39, 0.29) is 13.0 Å². The number of alkyl halides is 3. The summed E-state index contributed by atoms with van der Waals surface area (Å²) in [5, 5.41) is 9.37. The molecule has 0 bridgehead atoms. The minimum Gasteiger partial charge on any atom is -0.481 e. The van der Waals surface area contributed by atoms with Gasteiger partial charge in [-0.1, -0.05) is 23.7 Å². The number of hydrogen-bond acceptors (Lipinski definition) is 2. The zero-order valence-corrected chi connectivity index (χ0v) is 12.1. The van der Waals surface area contributed by atoms with Gasteiger partial charge in [0.15, 0.2) is 5.41 Å². The number of benzene rings is 1. The minimum atomic E-state index is -4.90. The predicted octanol–water partition coefficient (Wildman–Crippen LogP) is 2.75. The number of carboxylic acid groups (broad SMARTS) is 1. The molecule has 1 aromatic rings. The Kier molecular flexibility index (Phi) is 4.37. The summed E-state index contributed by atoms with van der Waals surface area (Å²) >= 11 is 5.78. The van der Waals surface area contributed by atoms with Crippen LogP contribution in [0.15, 0.2) is 24.3 Å². The Morgan fingerprint density at radius 2 is 2.05 bits per heavy atom. The van der Waals surface area contributed by atoms with Gasteiger partial charge in [-0.15, -0.1) is 0 Å². The Morgan fingerprint density at radius 1 is 1.36 bits per heavy atom. The first kappa shape index (κ1) is 16.6. The van der Waals surface area contributed by atoms with Gasteiger partial charge < -0.3 is 10.0 Å². The van der Waals surface area contributed by atoms with E-state index in [1.165, 1.54) is 0 Å². The molecule has 0 aromatic heterocycles. The molecular weight excluding hydrogens is 323 g/mol. The molecule has 1 aromatic carbocycles. The van der Waals surface area contributed by atoms with E-state index < -0.39 is 36.4 Å². The molecule has 1 N–H and O–H groups in total. The van der Waals surface area contributed by atoms with Gasteiger partial charge in [0.1, 0.15) is 0 Å². The van der Waals surface area contributed by atoms with Crippen molar-refractivity contribution in [1.29, 1.82) is 0 Å². The van der Waals surface area contributed by atoms with Gasteiger partial charge in [0.25, 0.3) is 0 Å². The number of nitrogens with zero attached hydrogens (tertiary/aromatic N) is 1. The van der Waals surface area contributed by atoms with Gasteiger partial charge in [-0.25, -0.2) is 0 Å². The first-order valence-electron chi connectivity index (χ1n) is 6.48. The summed E-state index contributed by atoms with van der Waals surface area (Å²) in [6.07, 6.45) is -5.65. The number of amides is 1. The van der Waals surface area contributed by atoms with Gasteiger partial charge in [-0.3, -0.25) is 9.59 Å². The lowest BCUT2D eigenvalue weighted by molar-refractivity contribution is -0.227. The van der Waals surface area contributed by atoms with Crippen molar-refractivity contribution in [3.05, 3.63) is 34.9 Å². The number of carbonyl (C=O) groups is 2. The molecule has 2 rings (SSSR count). The van der Waals surface area contributed by atoms with Gasteiger partial charge in [0.2, 0.25) is 5.91 Å². The molecule has 1 unspecified atom stereocenters. The molecule has 1 amide bonds. The Balaban J connectivity index is 2.12. The summed E-state index contributed by atoms with van der Waals surface area (Å²) < 4.78 is 39.1. The van der Waals surface area contributed by atoms with Gasteiger partial charge in [0.05, 0.1) is 6.42 Å². The maximum atomic E-state index is 13.0. The third kappa shape index (κ3) is 3.04. The van der Waals surface area contributed by atoms with Crippen molar-refractivity contribution in [2.24, 2.45) is 5.41 Å². The van der Waals surface area contributed by atoms with E-state index in [1.54, 1.807) is 24.3 Å². The van der Waals surface area contributed by atoms with Crippen LogP contribution in [0, 0.1) is 5.41 Å². The van der Waals surface area contributed by atoms with Gasteiger partial charge in [-0.2, -0.15) is 13.2 Å². The molecule has 0 spiro atoms. The van der Waals surface area contributed by atoms with Crippen molar-refractivity contribution >= 4 is 23.5 Å². The molecule has 1 saturated heterocycles. The Labute approximate surface area is 129 Å². The average molecular weight is 336 g/mol. The molecule has 8 heteroatoms. The summed E-state index contributed by atoms with van der Waals surface area (Å²) in [5.74, 6) is -2.49.